The van der Waals surface area contributed by atoms with E-state index in [-0.39, 0.29) is 16.9 Å². The Labute approximate surface area is 219 Å². The minimum Gasteiger partial charge on any atom is -0.493 e. The van der Waals surface area contributed by atoms with Gasteiger partial charge in [-0.05, 0) is 54.8 Å². The number of hydrogen-bond acceptors (Lipinski definition) is 8. The Morgan fingerprint density at radius 1 is 1.05 bits per heavy atom. The summed E-state index contributed by atoms with van der Waals surface area (Å²) in [7, 11) is 0.938. The van der Waals surface area contributed by atoms with Crippen molar-refractivity contribution in [3.63, 3.8) is 0 Å². The smallest absolute Gasteiger partial charge is 0.247 e. The van der Waals surface area contributed by atoms with Crippen molar-refractivity contribution in [2.75, 3.05) is 52.9 Å². The maximum atomic E-state index is 13.4. The maximum Gasteiger partial charge on any atom is 0.247 e. The summed E-state index contributed by atoms with van der Waals surface area (Å²) in [5.74, 6) is 0.968. The molecule has 1 heterocycles. The summed E-state index contributed by atoms with van der Waals surface area (Å²) in [6.45, 7) is 5.45. The minimum atomic E-state index is -3.59. The van der Waals surface area contributed by atoms with Crippen LogP contribution in [0.1, 0.15) is 38.3 Å². The van der Waals surface area contributed by atoms with Crippen molar-refractivity contribution < 1.29 is 32.2 Å². The van der Waals surface area contributed by atoms with E-state index in [1.807, 2.05) is 0 Å². The second-order valence-corrected chi connectivity index (χ2v) is 10.5. The summed E-state index contributed by atoms with van der Waals surface area (Å²) in [5, 5.41) is 6.20. The van der Waals surface area contributed by atoms with Gasteiger partial charge in [-0.1, -0.05) is 13.8 Å². The predicted octanol–water partition coefficient (Wildman–Crippen LogP) is 3.19. The van der Waals surface area contributed by atoms with Crippen LogP contribution >= 0.6 is 0 Å². The Kier molecular flexibility index (Phi) is 10.0. The van der Waals surface area contributed by atoms with Gasteiger partial charge >= 0.3 is 0 Å². The molecule has 2 unspecified atom stereocenters. The van der Waals surface area contributed by atoms with Crippen molar-refractivity contribution in [1.29, 1.82) is 0 Å². The van der Waals surface area contributed by atoms with Gasteiger partial charge in [-0.15, -0.1) is 0 Å². The summed E-state index contributed by atoms with van der Waals surface area (Å²) in [5.41, 5.74) is 1.16. The molecule has 1 aliphatic heterocycles. The first-order valence-electron chi connectivity index (χ1n) is 12.3. The van der Waals surface area contributed by atoms with Gasteiger partial charge < -0.3 is 29.6 Å². The van der Waals surface area contributed by atoms with Crippen molar-refractivity contribution in [3.8, 4) is 17.2 Å². The molecule has 10 nitrogen and oxygen atoms in total. The molecule has 2 atom stereocenters. The second-order valence-electron chi connectivity index (χ2n) is 8.53. The van der Waals surface area contributed by atoms with Gasteiger partial charge in [-0.2, -0.15) is 4.31 Å². The van der Waals surface area contributed by atoms with Crippen molar-refractivity contribution in [2.45, 2.75) is 43.7 Å². The molecule has 0 aliphatic carbocycles. The van der Waals surface area contributed by atoms with E-state index in [0.717, 1.165) is 12.8 Å². The van der Waals surface area contributed by atoms with Gasteiger partial charge in [0.15, 0.2) is 11.5 Å². The molecule has 204 valence electrons. The number of benzene rings is 2. The average Bonchev–Trinajstić information content (AvgIpc) is 3.44. The van der Waals surface area contributed by atoms with E-state index in [1.165, 1.54) is 37.8 Å². The molecular formula is C26H37N3O7S. The lowest BCUT2D eigenvalue weighted by molar-refractivity contribution is -0.122. The van der Waals surface area contributed by atoms with Crippen molar-refractivity contribution in [2.24, 2.45) is 0 Å². The minimum absolute atomic E-state index is 0.0193. The van der Waals surface area contributed by atoms with Crippen molar-refractivity contribution in [1.82, 2.24) is 9.62 Å². The highest BCUT2D eigenvalue weighted by molar-refractivity contribution is 7.89. The third kappa shape index (κ3) is 6.65. The molecule has 1 amide bonds. The van der Waals surface area contributed by atoms with Crippen molar-refractivity contribution in [3.05, 3.63) is 42.0 Å². The van der Waals surface area contributed by atoms with Crippen LogP contribution in [0, 0.1) is 0 Å². The molecule has 1 fully saturated rings. The monoisotopic (exact) mass is 535 g/mol. The Hall–Kier alpha value is -3.02. The van der Waals surface area contributed by atoms with Crippen LogP contribution in [-0.4, -0.2) is 72.3 Å². The summed E-state index contributed by atoms with van der Waals surface area (Å²) in [6, 6.07) is 8.95. The predicted molar refractivity (Wildman–Crippen MR) is 141 cm³/mol. The fourth-order valence-electron chi connectivity index (χ4n) is 4.29. The van der Waals surface area contributed by atoms with Crippen LogP contribution in [0.15, 0.2) is 41.3 Å². The topological polar surface area (TPSA) is 115 Å². The van der Waals surface area contributed by atoms with Gasteiger partial charge in [0.2, 0.25) is 21.7 Å². The number of ether oxygens (including phenoxy) is 4. The number of anilines is 1. The molecule has 3 rings (SSSR count). The van der Waals surface area contributed by atoms with Gasteiger partial charge in [-0.25, -0.2) is 8.42 Å². The Morgan fingerprint density at radius 2 is 1.68 bits per heavy atom. The summed E-state index contributed by atoms with van der Waals surface area (Å²) in [4.78, 5) is 13.6. The second kappa shape index (κ2) is 13.0. The normalized spacial score (nSPS) is 16.3. The average molecular weight is 536 g/mol. The van der Waals surface area contributed by atoms with Gasteiger partial charge in [0.1, 0.15) is 6.04 Å². The largest absolute Gasteiger partial charge is 0.493 e. The first-order valence-corrected chi connectivity index (χ1v) is 13.8. The molecule has 2 aromatic rings. The molecule has 1 aliphatic rings. The number of nitrogens with one attached hydrogen (secondary N) is 2. The van der Waals surface area contributed by atoms with Gasteiger partial charge in [0.05, 0.1) is 32.3 Å². The van der Waals surface area contributed by atoms with Crippen LogP contribution in [0.5, 0.6) is 17.2 Å². The number of carbonyl (C=O) groups is 1. The van der Waals surface area contributed by atoms with Gasteiger partial charge in [0.25, 0.3) is 0 Å². The lowest BCUT2D eigenvalue weighted by Gasteiger charge is -2.23. The van der Waals surface area contributed by atoms with Crippen LogP contribution in [0.4, 0.5) is 5.69 Å². The van der Waals surface area contributed by atoms with E-state index >= 15 is 0 Å². The Balaban J connectivity index is 1.93. The van der Waals surface area contributed by atoms with E-state index < -0.39 is 16.1 Å². The molecule has 0 radical (unpaired) electrons. The fraction of sp³-hybridized carbons (Fsp3) is 0.500. The fourth-order valence-corrected chi connectivity index (χ4v) is 5.75. The molecule has 2 N–H and O–H groups in total. The highest BCUT2D eigenvalue weighted by Crippen LogP contribution is 2.40. The van der Waals surface area contributed by atoms with Crippen LogP contribution in [0.25, 0.3) is 0 Å². The van der Waals surface area contributed by atoms with Crippen LogP contribution < -0.4 is 24.8 Å². The van der Waals surface area contributed by atoms with Crippen LogP contribution in [0.2, 0.25) is 0 Å². The zero-order valence-corrected chi connectivity index (χ0v) is 22.9. The molecule has 0 spiro atoms. The number of rotatable bonds is 13. The van der Waals surface area contributed by atoms with Gasteiger partial charge in [-0.3, -0.25) is 4.79 Å². The SMILES string of the molecule is CCN(CC)S(=O)(=O)c1ccc(NC(C(=O)NCC2CCCO2)c2cc(OC)c(OC)c(OC)c2)cc1. The van der Waals surface area contributed by atoms with E-state index in [2.05, 4.69) is 10.6 Å². The van der Waals surface area contributed by atoms with Crippen LogP contribution in [0.3, 0.4) is 0 Å². The quantitative estimate of drug-likeness (QED) is 0.402. The van der Waals surface area contributed by atoms with Crippen molar-refractivity contribution >= 4 is 21.6 Å². The zero-order valence-electron chi connectivity index (χ0n) is 22.1. The zero-order chi connectivity index (χ0) is 27.0. The maximum absolute atomic E-state index is 13.4. The standard InChI is InChI=1S/C26H37N3O7S/c1-6-29(7-2)37(31,32)21-12-10-19(11-13-21)28-24(26(30)27-17-20-9-8-14-36-20)18-15-22(33-3)25(35-5)23(16-18)34-4/h10-13,15-16,20,24,28H,6-9,14,17H2,1-5H3,(H,27,30). The molecule has 2 aromatic carbocycles. The first-order chi connectivity index (χ1) is 17.8. The molecule has 0 aromatic heterocycles. The first kappa shape index (κ1) is 28.5. The lowest BCUT2D eigenvalue weighted by Crippen LogP contribution is -2.38. The number of amides is 1. The molecular weight excluding hydrogens is 498 g/mol. The van der Waals surface area contributed by atoms with Gasteiger partial charge in [0, 0.05) is 31.9 Å². The number of nitrogens with zero attached hydrogens (tertiary/aromatic N) is 1. The highest BCUT2D eigenvalue weighted by Gasteiger charge is 2.27. The Morgan fingerprint density at radius 3 is 2.16 bits per heavy atom. The van der Waals surface area contributed by atoms with E-state index in [4.69, 9.17) is 18.9 Å². The summed E-state index contributed by atoms with van der Waals surface area (Å²) < 4.78 is 49.1. The van der Waals surface area contributed by atoms with Crippen LogP contribution in [-0.2, 0) is 19.6 Å². The molecule has 37 heavy (non-hydrogen) atoms. The molecule has 0 saturated carbocycles. The number of sulfonamides is 1. The third-order valence-corrected chi connectivity index (χ3v) is 8.38. The molecule has 0 bridgehead atoms. The third-order valence-electron chi connectivity index (χ3n) is 6.32. The number of hydrogen-bond donors (Lipinski definition) is 2. The van der Waals surface area contributed by atoms with E-state index in [0.29, 0.717) is 54.7 Å². The van der Waals surface area contributed by atoms with E-state index in [9.17, 15) is 13.2 Å². The number of methoxy groups -OCH3 is 3. The lowest BCUT2D eigenvalue weighted by atomic mass is 10.0. The number of carbonyl (C=O) groups excluding carboxylic acids is 1. The Bertz CT molecular complexity index is 1120. The summed E-state index contributed by atoms with van der Waals surface area (Å²) in [6.07, 6.45) is 1.84. The molecule has 1 saturated heterocycles. The van der Waals surface area contributed by atoms with E-state index in [1.54, 1.807) is 38.1 Å². The summed E-state index contributed by atoms with van der Waals surface area (Å²) >= 11 is 0. The molecule has 11 heteroatoms. The highest BCUT2D eigenvalue weighted by atomic mass is 32.2.